The van der Waals surface area contributed by atoms with Gasteiger partial charge in [0.05, 0.1) is 0 Å². The predicted molar refractivity (Wildman–Crippen MR) is 113 cm³/mol. The van der Waals surface area contributed by atoms with Gasteiger partial charge in [-0.1, -0.05) is 24.0 Å². The number of hydrogen-bond acceptors (Lipinski definition) is 4. The van der Waals surface area contributed by atoms with Crippen molar-refractivity contribution in [1.82, 2.24) is 5.32 Å². The number of anilines is 2. The van der Waals surface area contributed by atoms with E-state index in [1.807, 2.05) is 30.5 Å². The average molecular weight is 356 g/mol. The Hall–Kier alpha value is -3.19. The second kappa shape index (κ2) is 7.20. The summed E-state index contributed by atoms with van der Waals surface area (Å²) < 4.78 is 0. The molecular formula is C23H24N4. The number of fused-ring (bicyclic) bond motifs is 1. The highest BCUT2D eigenvalue weighted by atomic mass is 15.1. The molecular weight excluding hydrogens is 332 g/mol. The monoisotopic (exact) mass is 356 g/mol. The molecule has 0 spiro atoms. The van der Waals surface area contributed by atoms with Gasteiger partial charge in [0.25, 0.3) is 0 Å². The van der Waals surface area contributed by atoms with Crippen molar-refractivity contribution in [2.24, 2.45) is 10.9 Å². The molecule has 4 rings (SSSR count). The number of aliphatic imine (C=N–C) groups is 1. The van der Waals surface area contributed by atoms with E-state index < -0.39 is 0 Å². The summed E-state index contributed by atoms with van der Waals surface area (Å²) in [6.07, 6.45) is 5.24. The van der Waals surface area contributed by atoms with E-state index in [4.69, 9.17) is 10.7 Å². The van der Waals surface area contributed by atoms with E-state index >= 15 is 0 Å². The third kappa shape index (κ3) is 3.68. The Morgan fingerprint density at radius 2 is 1.78 bits per heavy atom. The average Bonchev–Trinajstić information content (AvgIpc) is 3.10. The van der Waals surface area contributed by atoms with E-state index in [-0.39, 0.29) is 6.17 Å². The van der Waals surface area contributed by atoms with Gasteiger partial charge in [0, 0.05) is 60.9 Å². The number of hydrogen-bond donors (Lipinski definition) is 2. The Bertz CT molecular complexity index is 927. The lowest BCUT2D eigenvalue weighted by Gasteiger charge is -2.27. The van der Waals surface area contributed by atoms with Crippen LogP contribution in [0.1, 0.15) is 23.5 Å². The van der Waals surface area contributed by atoms with E-state index in [0.29, 0.717) is 11.8 Å². The zero-order chi connectivity index (χ0) is 18.8. The first-order valence-corrected chi connectivity index (χ1v) is 9.24. The van der Waals surface area contributed by atoms with E-state index in [0.717, 1.165) is 23.2 Å². The summed E-state index contributed by atoms with van der Waals surface area (Å²) in [4.78, 5) is 6.86. The van der Waals surface area contributed by atoms with Crippen LogP contribution in [-0.4, -0.2) is 26.5 Å². The minimum Gasteiger partial charge on any atom is -0.399 e. The van der Waals surface area contributed by atoms with Gasteiger partial charge in [0.2, 0.25) is 0 Å². The first kappa shape index (κ1) is 17.2. The first-order valence-electron chi connectivity index (χ1n) is 9.24. The van der Waals surface area contributed by atoms with Gasteiger partial charge in [0.1, 0.15) is 6.17 Å². The summed E-state index contributed by atoms with van der Waals surface area (Å²) >= 11 is 0. The third-order valence-electron chi connectivity index (χ3n) is 5.22. The van der Waals surface area contributed by atoms with Crippen molar-refractivity contribution in [3.8, 4) is 11.8 Å². The zero-order valence-electron chi connectivity index (χ0n) is 15.7. The fourth-order valence-electron chi connectivity index (χ4n) is 3.58. The number of nitrogens with one attached hydrogen (secondary N) is 1. The lowest BCUT2D eigenvalue weighted by atomic mass is 9.83. The van der Waals surface area contributed by atoms with Gasteiger partial charge < -0.3 is 16.0 Å². The normalized spacial score (nSPS) is 22.9. The molecule has 0 aromatic heterocycles. The highest BCUT2D eigenvalue weighted by molar-refractivity contribution is 5.70. The predicted octanol–water partition coefficient (Wildman–Crippen LogP) is 3.37. The van der Waals surface area contributed by atoms with E-state index in [9.17, 15) is 0 Å². The molecule has 4 nitrogen and oxygen atoms in total. The Labute approximate surface area is 160 Å². The topological polar surface area (TPSA) is 53.6 Å². The molecule has 0 bridgehead atoms. The molecule has 0 fully saturated rings. The third-order valence-corrected chi connectivity index (χ3v) is 5.22. The van der Waals surface area contributed by atoms with E-state index in [1.54, 1.807) is 0 Å². The summed E-state index contributed by atoms with van der Waals surface area (Å²) in [5.41, 5.74) is 11.1. The zero-order valence-corrected chi connectivity index (χ0v) is 15.7. The molecule has 3 unspecified atom stereocenters. The maximum atomic E-state index is 5.74. The van der Waals surface area contributed by atoms with Crippen molar-refractivity contribution in [3.63, 3.8) is 0 Å². The quantitative estimate of drug-likeness (QED) is 0.641. The summed E-state index contributed by atoms with van der Waals surface area (Å²) in [6.45, 7) is 0. The van der Waals surface area contributed by atoms with Gasteiger partial charge in [0.15, 0.2) is 0 Å². The van der Waals surface area contributed by atoms with Crippen LogP contribution in [0.15, 0.2) is 65.3 Å². The molecule has 0 amide bonds. The molecule has 4 heteroatoms. The molecule has 0 radical (unpaired) electrons. The fraction of sp³-hybridized carbons (Fsp3) is 0.261. The van der Waals surface area contributed by atoms with Crippen LogP contribution in [0.3, 0.4) is 0 Å². The molecule has 27 heavy (non-hydrogen) atoms. The molecule has 2 aliphatic heterocycles. The van der Waals surface area contributed by atoms with Crippen molar-refractivity contribution in [1.29, 1.82) is 0 Å². The lowest BCUT2D eigenvalue weighted by molar-refractivity contribution is 0.433. The van der Waals surface area contributed by atoms with Crippen molar-refractivity contribution < 1.29 is 0 Å². The largest absolute Gasteiger partial charge is 0.399 e. The van der Waals surface area contributed by atoms with Gasteiger partial charge in [-0.15, -0.1) is 0 Å². The Balaban J connectivity index is 1.50. The molecule has 0 saturated heterocycles. The van der Waals surface area contributed by atoms with E-state index in [1.165, 1.54) is 11.3 Å². The van der Waals surface area contributed by atoms with Crippen LogP contribution < -0.4 is 16.0 Å². The summed E-state index contributed by atoms with van der Waals surface area (Å²) in [5, 5.41) is 3.36. The second-order valence-corrected chi connectivity index (χ2v) is 7.32. The number of benzene rings is 2. The highest BCUT2D eigenvalue weighted by Crippen LogP contribution is 2.35. The van der Waals surface area contributed by atoms with Crippen molar-refractivity contribution in [3.05, 3.63) is 71.4 Å². The Morgan fingerprint density at radius 3 is 2.48 bits per heavy atom. The van der Waals surface area contributed by atoms with Crippen LogP contribution in [0.5, 0.6) is 0 Å². The summed E-state index contributed by atoms with van der Waals surface area (Å²) in [5.74, 6) is 7.23. The van der Waals surface area contributed by atoms with Crippen LogP contribution >= 0.6 is 0 Å². The van der Waals surface area contributed by atoms with Gasteiger partial charge in [-0.25, -0.2) is 0 Å². The number of nitrogens with two attached hydrogens (primary N) is 1. The van der Waals surface area contributed by atoms with Crippen molar-refractivity contribution in [2.75, 3.05) is 24.7 Å². The van der Waals surface area contributed by atoms with Crippen molar-refractivity contribution >= 4 is 17.6 Å². The van der Waals surface area contributed by atoms with E-state index in [2.05, 4.69) is 66.6 Å². The second-order valence-electron chi connectivity index (χ2n) is 7.32. The maximum absolute atomic E-state index is 5.74. The molecule has 0 aliphatic carbocycles. The minimum atomic E-state index is 0.109. The summed E-state index contributed by atoms with van der Waals surface area (Å²) in [6, 6.07) is 16.4. The van der Waals surface area contributed by atoms with Gasteiger partial charge in [-0.05, 0) is 48.4 Å². The first-order chi connectivity index (χ1) is 13.1. The van der Waals surface area contributed by atoms with Gasteiger partial charge in [-0.2, -0.15) is 0 Å². The number of nitrogen functional groups attached to an aromatic ring is 1. The van der Waals surface area contributed by atoms with Crippen LogP contribution in [0.4, 0.5) is 11.4 Å². The highest BCUT2D eigenvalue weighted by Gasteiger charge is 2.33. The number of rotatable bonds is 2. The molecule has 0 saturated carbocycles. The van der Waals surface area contributed by atoms with Gasteiger partial charge >= 0.3 is 0 Å². The fourth-order valence-corrected chi connectivity index (χ4v) is 3.58. The minimum absolute atomic E-state index is 0.109. The molecule has 2 aromatic rings. The molecule has 3 N–H and O–H groups in total. The van der Waals surface area contributed by atoms with Crippen LogP contribution in [0.25, 0.3) is 0 Å². The molecule has 2 aromatic carbocycles. The Morgan fingerprint density at radius 1 is 1.04 bits per heavy atom. The standard InChI is InChI=1S/C23H24N4/c1-27(2)21-11-7-17(8-12-21)19-13-22-18(14-25-23(22)26-15-19)6-3-16-4-9-20(24)10-5-16/h4-5,7-12,14-15,19,22-23,25H,13,24H2,1-2H3. The molecule has 2 heterocycles. The molecule has 2 aliphatic rings. The number of nitrogens with zero attached hydrogens (tertiary/aromatic N) is 2. The Kier molecular flexibility index (Phi) is 4.60. The maximum Gasteiger partial charge on any atom is 0.125 e. The van der Waals surface area contributed by atoms with Gasteiger partial charge in [-0.3, -0.25) is 4.99 Å². The smallest absolute Gasteiger partial charge is 0.125 e. The summed E-state index contributed by atoms with van der Waals surface area (Å²) in [7, 11) is 4.12. The van der Waals surface area contributed by atoms with Crippen LogP contribution in [0, 0.1) is 17.8 Å². The van der Waals surface area contributed by atoms with Crippen LogP contribution in [-0.2, 0) is 0 Å². The van der Waals surface area contributed by atoms with Crippen molar-refractivity contribution in [2.45, 2.75) is 18.5 Å². The SMILES string of the molecule is CN(C)c1ccc(C2C=NC3NC=C(C#Cc4ccc(N)cc4)C3C2)cc1. The molecule has 136 valence electrons. The lowest BCUT2D eigenvalue weighted by Crippen LogP contribution is -2.31. The van der Waals surface area contributed by atoms with Crippen LogP contribution in [0.2, 0.25) is 0 Å². The molecule has 3 atom stereocenters.